The first-order valence-electron chi connectivity index (χ1n) is 5.06. The Hall–Kier alpha value is -1.61. The Kier molecular flexibility index (Phi) is 6.11. The first-order chi connectivity index (χ1) is 7.42. The van der Waals surface area contributed by atoms with Crippen molar-refractivity contribution in [2.75, 3.05) is 0 Å². The van der Waals surface area contributed by atoms with Crippen LogP contribution in [0, 0.1) is 0 Å². The van der Waals surface area contributed by atoms with Gasteiger partial charge in [0.25, 0.3) is 0 Å². The number of hydrogen-bond acceptors (Lipinski definition) is 2. The smallest absolute Gasteiger partial charge is 0.320 e. The second-order valence-electron chi connectivity index (χ2n) is 3.57. The Bertz CT molecular complexity index is 351. The number of rotatable bonds is 6. The molecule has 0 aliphatic rings. The van der Waals surface area contributed by atoms with Crippen LogP contribution < -0.4 is 5.73 Å². The summed E-state index contributed by atoms with van der Waals surface area (Å²) < 4.78 is 0. The highest BCUT2D eigenvalue weighted by Gasteiger charge is 2.13. The summed E-state index contributed by atoms with van der Waals surface area (Å²) in [6.07, 6.45) is 5.69. The van der Waals surface area contributed by atoms with E-state index in [4.69, 9.17) is 10.8 Å². The molecule has 0 spiro atoms. The van der Waals surface area contributed by atoms with Gasteiger partial charge in [-0.2, -0.15) is 0 Å². The molecule has 0 radical (unpaired) electrons. The molecule has 0 fully saturated rings. The van der Waals surface area contributed by atoms with Gasteiger partial charge in [-0.1, -0.05) is 31.4 Å². The van der Waals surface area contributed by atoms with E-state index >= 15 is 0 Å². The molecule has 88 valence electrons. The Balaban J connectivity index is 4.76. The van der Waals surface area contributed by atoms with Gasteiger partial charge in [-0.3, -0.25) is 4.79 Å². The number of allylic oxidation sites excluding steroid dienone is 5. The molecule has 0 rings (SSSR count). The van der Waals surface area contributed by atoms with E-state index in [-0.39, 0.29) is 0 Å². The van der Waals surface area contributed by atoms with E-state index in [0.717, 1.165) is 16.7 Å². The van der Waals surface area contributed by atoms with Crippen LogP contribution >= 0.6 is 0 Å². The van der Waals surface area contributed by atoms with Crippen LogP contribution in [-0.4, -0.2) is 17.1 Å². The molecule has 0 saturated carbocycles. The van der Waals surface area contributed by atoms with Crippen molar-refractivity contribution in [1.82, 2.24) is 0 Å². The molecule has 0 aliphatic heterocycles. The van der Waals surface area contributed by atoms with Crippen LogP contribution in [0.4, 0.5) is 0 Å². The molecule has 0 heterocycles. The summed E-state index contributed by atoms with van der Waals surface area (Å²) in [6, 6.07) is -0.869. The minimum Gasteiger partial charge on any atom is -0.480 e. The van der Waals surface area contributed by atoms with Crippen LogP contribution in [0.15, 0.2) is 48.1 Å². The molecule has 0 saturated heterocycles. The average molecular weight is 221 g/mol. The monoisotopic (exact) mass is 221 g/mol. The van der Waals surface area contributed by atoms with Gasteiger partial charge in [0.2, 0.25) is 0 Å². The summed E-state index contributed by atoms with van der Waals surface area (Å²) in [5, 5.41) is 8.73. The molecule has 0 bridgehead atoms. The van der Waals surface area contributed by atoms with Crippen LogP contribution in [0.3, 0.4) is 0 Å². The van der Waals surface area contributed by atoms with E-state index in [1.165, 1.54) is 0 Å². The fourth-order valence-corrected chi connectivity index (χ4v) is 1.26. The van der Waals surface area contributed by atoms with E-state index in [0.29, 0.717) is 6.42 Å². The lowest BCUT2D eigenvalue weighted by molar-refractivity contribution is -0.138. The zero-order chi connectivity index (χ0) is 12.7. The average Bonchev–Trinajstić information content (AvgIpc) is 2.24. The highest BCUT2D eigenvalue weighted by Crippen LogP contribution is 2.17. The molecule has 3 heteroatoms. The molecule has 1 atom stereocenters. The molecule has 0 aromatic rings. The van der Waals surface area contributed by atoms with Gasteiger partial charge in [-0.25, -0.2) is 0 Å². The van der Waals surface area contributed by atoms with Gasteiger partial charge in [0.15, 0.2) is 0 Å². The number of carboxylic acids is 1. The van der Waals surface area contributed by atoms with Crippen molar-refractivity contribution >= 4 is 5.97 Å². The lowest BCUT2D eigenvalue weighted by atomic mass is 9.98. The fraction of sp³-hybridized carbons (Fsp3) is 0.308. The van der Waals surface area contributed by atoms with Crippen LogP contribution in [0.5, 0.6) is 0 Å². The summed E-state index contributed by atoms with van der Waals surface area (Å²) in [4.78, 5) is 10.6. The Morgan fingerprint density at radius 1 is 1.56 bits per heavy atom. The third kappa shape index (κ3) is 4.75. The maximum Gasteiger partial charge on any atom is 0.320 e. The van der Waals surface area contributed by atoms with Crippen molar-refractivity contribution in [2.45, 2.75) is 26.3 Å². The highest BCUT2D eigenvalue weighted by atomic mass is 16.4. The second-order valence-corrected chi connectivity index (χ2v) is 3.57. The van der Waals surface area contributed by atoms with Crippen molar-refractivity contribution in [2.24, 2.45) is 5.73 Å². The maximum atomic E-state index is 10.6. The molecule has 3 N–H and O–H groups in total. The predicted molar refractivity (Wildman–Crippen MR) is 67.1 cm³/mol. The largest absolute Gasteiger partial charge is 0.480 e. The molecule has 0 aromatic heterocycles. The lowest BCUT2D eigenvalue weighted by Gasteiger charge is -2.11. The van der Waals surface area contributed by atoms with Gasteiger partial charge in [-0.05, 0) is 37.0 Å². The van der Waals surface area contributed by atoms with E-state index in [9.17, 15) is 4.79 Å². The quantitative estimate of drug-likeness (QED) is 0.677. The highest BCUT2D eigenvalue weighted by molar-refractivity contribution is 5.73. The van der Waals surface area contributed by atoms with Crippen LogP contribution in [0.2, 0.25) is 0 Å². The molecule has 3 nitrogen and oxygen atoms in total. The second kappa shape index (κ2) is 6.80. The standard InChI is InChI=1S/C13H19NO2/c1-5-9(3)7-10(4)11(6-2)8-12(14)13(15)16/h5-7,12H,1,3,8,14H2,2,4H3,(H,15,16)/b10-7+,11-6-. The Labute approximate surface area is 96.7 Å². The van der Waals surface area contributed by atoms with Gasteiger partial charge >= 0.3 is 5.97 Å². The summed E-state index contributed by atoms with van der Waals surface area (Å²) in [6.45, 7) is 11.1. The number of aliphatic carboxylic acids is 1. The van der Waals surface area contributed by atoms with E-state index in [1.807, 2.05) is 26.0 Å². The Morgan fingerprint density at radius 3 is 2.50 bits per heavy atom. The topological polar surface area (TPSA) is 63.3 Å². The molecule has 0 amide bonds. The van der Waals surface area contributed by atoms with E-state index < -0.39 is 12.0 Å². The number of nitrogens with two attached hydrogens (primary N) is 1. The van der Waals surface area contributed by atoms with Crippen LogP contribution in [-0.2, 0) is 4.79 Å². The number of carboxylic acid groups (broad SMARTS) is 1. The molecule has 0 aliphatic carbocycles. The zero-order valence-corrected chi connectivity index (χ0v) is 9.86. The van der Waals surface area contributed by atoms with Crippen molar-refractivity contribution in [3.05, 3.63) is 48.1 Å². The summed E-state index contributed by atoms with van der Waals surface area (Å²) in [7, 11) is 0. The van der Waals surface area contributed by atoms with Crippen LogP contribution in [0.1, 0.15) is 20.3 Å². The number of hydrogen-bond donors (Lipinski definition) is 2. The third-order valence-electron chi connectivity index (χ3n) is 2.28. The van der Waals surface area contributed by atoms with E-state index in [1.54, 1.807) is 6.08 Å². The molecular weight excluding hydrogens is 202 g/mol. The molecular formula is C13H19NO2. The van der Waals surface area contributed by atoms with Crippen LogP contribution in [0.25, 0.3) is 0 Å². The summed E-state index contributed by atoms with van der Waals surface area (Å²) in [5.41, 5.74) is 8.15. The van der Waals surface area contributed by atoms with Crippen molar-refractivity contribution in [3.63, 3.8) is 0 Å². The van der Waals surface area contributed by atoms with Crippen molar-refractivity contribution in [1.29, 1.82) is 0 Å². The maximum absolute atomic E-state index is 10.6. The van der Waals surface area contributed by atoms with Crippen molar-refractivity contribution in [3.8, 4) is 0 Å². The zero-order valence-electron chi connectivity index (χ0n) is 9.86. The summed E-state index contributed by atoms with van der Waals surface area (Å²) >= 11 is 0. The van der Waals surface area contributed by atoms with Gasteiger partial charge in [-0.15, -0.1) is 0 Å². The van der Waals surface area contributed by atoms with Crippen molar-refractivity contribution < 1.29 is 9.90 Å². The summed E-state index contributed by atoms with van der Waals surface area (Å²) in [5.74, 6) is -0.991. The molecule has 0 aromatic carbocycles. The van der Waals surface area contributed by atoms with Gasteiger partial charge in [0.05, 0.1) is 0 Å². The minimum atomic E-state index is -0.991. The normalized spacial score (nSPS) is 14.4. The molecule has 16 heavy (non-hydrogen) atoms. The minimum absolute atomic E-state index is 0.318. The first kappa shape index (κ1) is 14.4. The molecule has 1 unspecified atom stereocenters. The number of carbonyl (C=O) groups is 1. The third-order valence-corrected chi connectivity index (χ3v) is 2.28. The van der Waals surface area contributed by atoms with Gasteiger partial charge in [0, 0.05) is 0 Å². The SMILES string of the molecule is C=CC(=C)/C=C(C)/C(=C\C)CC(N)C(=O)O. The van der Waals surface area contributed by atoms with E-state index in [2.05, 4.69) is 13.2 Å². The Morgan fingerprint density at radius 2 is 2.12 bits per heavy atom. The van der Waals surface area contributed by atoms with Gasteiger partial charge in [0.1, 0.15) is 6.04 Å². The van der Waals surface area contributed by atoms with Gasteiger partial charge < -0.3 is 10.8 Å². The predicted octanol–water partition coefficient (Wildman–Crippen LogP) is 2.42. The fourth-order valence-electron chi connectivity index (χ4n) is 1.26. The first-order valence-corrected chi connectivity index (χ1v) is 5.06. The lowest BCUT2D eigenvalue weighted by Crippen LogP contribution is -2.30.